The Morgan fingerprint density at radius 3 is 2.57 bits per heavy atom. The van der Waals surface area contributed by atoms with Crippen LogP contribution < -0.4 is 15.6 Å². The quantitative estimate of drug-likeness (QED) is 0.534. The van der Waals surface area contributed by atoms with E-state index in [2.05, 4.69) is 5.32 Å². The van der Waals surface area contributed by atoms with E-state index in [1.165, 1.54) is 4.57 Å². The Morgan fingerprint density at radius 2 is 1.80 bits per heavy atom. The summed E-state index contributed by atoms with van der Waals surface area (Å²) in [5.74, 6) is 0.250. The van der Waals surface area contributed by atoms with E-state index in [1.54, 1.807) is 32.5 Å². The van der Waals surface area contributed by atoms with Crippen LogP contribution in [0.3, 0.4) is 0 Å². The fraction of sp³-hybridized carbons (Fsp3) is 0.217. The number of ether oxygens (including phenoxy) is 2. The molecule has 0 saturated carbocycles. The van der Waals surface area contributed by atoms with Crippen LogP contribution in [0.2, 0.25) is 0 Å². The normalized spacial score (nSPS) is 11.2. The highest BCUT2D eigenvalue weighted by Gasteiger charge is 2.21. The molecule has 0 radical (unpaired) electrons. The van der Waals surface area contributed by atoms with Gasteiger partial charge in [-0.1, -0.05) is 30.3 Å². The highest BCUT2D eigenvalue weighted by molar-refractivity contribution is 6.20. The molecule has 0 unspecified atom stereocenters. The predicted molar refractivity (Wildman–Crippen MR) is 118 cm³/mol. The number of para-hydroxylation sites is 3. The number of hydrogen-bond acceptors (Lipinski definition) is 4. The number of methoxy groups -OCH3 is 2. The van der Waals surface area contributed by atoms with Crippen molar-refractivity contribution in [1.29, 1.82) is 0 Å². The van der Waals surface area contributed by atoms with Gasteiger partial charge in [-0.05, 0) is 18.2 Å². The summed E-state index contributed by atoms with van der Waals surface area (Å²) in [6.45, 7) is 0.713. The number of amides is 1. The summed E-state index contributed by atoms with van der Waals surface area (Å²) in [5.41, 5.74) is 2.20. The zero-order valence-electron chi connectivity index (χ0n) is 17.1. The molecule has 2 aromatic heterocycles. The van der Waals surface area contributed by atoms with Gasteiger partial charge in [0.25, 0.3) is 11.5 Å². The van der Waals surface area contributed by atoms with Crippen molar-refractivity contribution < 1.29 is 14.3 Å². The van der Waals surface area contributed by atoms with E-state index >= 15 is 0 Å². The number of aromatic nitrogens is 2. The third-order valence-corrected chi connectivity index (χ3v) is 5.26. The second kappa shape index (κ2) is 8.04. The first-order valence-electron chi connectivity index (χ1n) is 9.60. The summed E-state index contributed by atoms with van der Waals surface area (Å²) >= 11 is 0. The van der Waals surface area contributed by atoms with Crippen molar-refractivity contribution in [1.82, 2.24) is 9.13 Å². The zero-order valence-corrected chi connectivity index (χ0v) is 17.1. The molecule has 0 bridgehead atoms. The van der Waals surface area contributed by atoms with Crippen LogP contribution in [0.5, 0.6) is 5.75 Å². The lowest BCUT2D eigenvalue weighted by Gasteiger charge is -2.13. The van der Waals surface area contributed by atoms with Gasteiger partial charge in [0.15, 0.2) is 0 Å². The topological polar surface area (TPSA) is 74.5 Å². The third kappa shape index (κ3) is 3.23. The molecule has 2 aromatic carbocycles. The minimum absolute atomic E-state index is 0.158. The van der Waals surface area contributed by atoms with Gasteiger partial charge in [-0.15, -0.1) is 0 Å². The monoisotopic (exact) mass is 405 g/mol. The van der Waals surface area contributed by atoms with Crippen molar-refractivity contribution in [2.24, 2.45) is 7.05 Å². The second-order valence-corrected chi connectivity index (χ2v) is 6.99. The van der Waals surface area contributed by atoms with E-state index in [0.717, 1.165) is 10.9 Å². The molecule has 7 nitrogen and oxygen atoms in total. The van der Waals surface area contributed by atoms with Crippen LogP contribution in [0.1, 0.15) is 10.4 Å². The number of nitrogens with one attached hydrogen (secondary N) is 1. The number of carbonyl (C=O) groups excluding carboxylic acids is 1. The van der Waals surface area contributed by atoms with Crippen LogP contribution in [0.15, 0.2) is 59.5 Å². The fourth-order valence-corrected chi connectivity index (χ4v) is 3.80. The summed E-state index contributed by atoms with van der Waals surface area (Å²) in [4.78, 5) is 26.6. The number of pyridine rings is 1. The molecule has 0 atom stereocenters. The first-order valence-corrected chi connectivity index (χ1v) is 9.60. The van der Waals surface area contributed by atoms with Gasteiger partial charge in [0, 0.05) is 43.2 Å². The number of fused-ring (bicyclic) bond motifs is 3. The smallest absolute Gasteiger partial charge is 0.275 e. The van der Waals surface area contributed by atoms with Crippen LogP contribution in [-0.2, 0) is 18.3 Å². The molecule has 0 saturated heterocycles. The number of rotatable bonds is 6. The Kier molecular flexibility index (Phi) is 5.29. The Labute approximate surface area is 173 Å². The van der Waals surface area contributed by atoms with Crippen LogP contribution in [0.25, 0.3) is 21.8 Å². The van der Waals surface area contributed by atoms with Gasteiger partial charge in [0.2, 0.25) is 0 Å². The number of aryl methyl sites for hydroxylation is 1. The molecule has 0 aliphatic carbocycles. The minimum Gasteiger partial charge on any atom is -0.495 e. The Hall–Kier alpha value is -3.58. The van der Waals surface area contributed by atoms with Gasteiger partial charge >= 0.3 is 0 Å². The Morgan fingerprint density at radius 1 is 1.07 bits per heavy atom. The second-order valence-electron chi connectivity index (χ2n) is 6.99. The van der Waals surface area contributed by atoms with Crippen molar-refractivity contribution in [2.45, 2.75) is 6.54 Å². The van der Waals surface area contributed by atoms with E-state index in [9.17, 15) is 9.59 Å². The molecule has 4 aromatic rings. The van der Waals surface area contributed by atoms with Crippen molar-refractivity contribution in [3.8, 4) is 5.75 Å². The van der Waals surface area contributed by atoms with E-state index in [4.69, 9.17) is 9.47 Å². The summed E-state index contributed by atoms with van der Waals surface area (Å²) in [6, 6.07) is 14.9. The molecule has 0 aliphatic heterocycles. The van der Waals surface area contributed by atoms with Gasteiger partial charge in [-0.3, -0.25) is 9.59 Å². The molecule has 0 spiro atoms. The SMILES string of the molecule is COCCn1cc(C(=O)Nc2ccccc2OC)c2c3ccccc3n(C)c2c1=O. The molecular formula is C23H23N3O4. The van der Waals surface area contributed by atoms with E-state index in [0.29, 0.717) is 41.1 Å². The maximum Gasteiger partial charge on any atom is 0.275 e. The van der Waals surface area contributed by atoms with Crippen molar-refractivity contribution in [3.63, 3.8) is 0 Å². The van der Waals surface area contributed by atoms with Crippen LogP contribution >= 0.6 is 0 Å². The third-order valence-electron chi connectivity index (χ3n) is 5.26. The first kappa shape index (κ1) is 19.7. The predicted octanol–water partition coefficient (Wildman–Crippen LogP) is 3.40. The van der Waals surface area contributed by atoms with E-state index in [-0.39, 0.29) is 11.5 Å². The highest BCUT2D eigenvalue weighted by Crippen LogP contribution is 2.30. The molecule has 30 heavy (non-hydrogen) atoms. The molecule has 1 N–H and O–H groups in total. The van der Waals surface area contributed by atoms with E-state index < -0.39 is 0 Å². The van der Waals surface area contributed by atoms with Gasteiger partial charge in [0.05, 0.1) is 25.0 Å². The molecular weight excluding hydrogens is 382 g/mol. The summed E-state index contributed by atoms with van der Waals surface area (Å²) < 4.78 is 13.9. The van der Waals surface area contributed by atoms with Crippen LogP contribution in [-0.4, -0.2) is 35.9 Å². The lowest BCUT2D eigenvalue weighted by molar-refractivity contribution is 0.102. The summed E-state index contributed by atoms with van der Waals surface area (Å²) in [7, 11) is 4.98. The van der Waals surface area contributed by atoms with Crippen molar-refractivity contribution >= 4 is 33.4 Å². The molecule has 4 rings (SSSR count). The fourth-order valence-electron chi connectivity index (χ4n) is 3.80. The standard InChI is InChI=1S/C23H23N3O4/c1-25-18-10-6-4-8-15(18)20-16(14-26(12-13-29-2)23(28)21(20)25)22(27)24-17-9-5-7-11-19(17)30-3/h4-11,14H,12-13H2,1-3H3,(H,24,27). The maximum atomic E-state index is 13.4. The Bertz CT molecular complexity index is 1300. The van der Waals surface area contributed by atoms with Gasteiger partial charge in [0.1, 0.15) is 11.3 Å². The molecule has 1 amide bonds. The lowest BCUT2D eigenvalue weighted by atomic mass is 10.1. The maximum absolute atomic E-state index is 13.4. The average Bonchev–Trinajstić information content (AvgIpc) is 3.07. The van der Waals surface area contributed by atoms with Gasteiger partial charge in [-0.25, -0.2) is 0 Å². The van der Waals surface area contributed by atoms with Crippen LogP contribution in [0, 0.1) is 0 Å². The molecule has 154 valence electrons. The summed E-state index contributed by atoms with van der Waals surface area (Å²) in [5, 5.41) is 4.42. The highest BCUT2D eigenvalue weighted by atomic mass is 16.5. The van der Waals surface area contributed by atoms with Crippen molar-refractivity contribution in [3.05, 3.63) is 70.6 Å². The Balaban J connectivity index is 1.95. The number of benzene rings is 2. The average molecular weight is 405 g/mol. The molecule has 2 heterocycles. The molecule has 7 heteroatoms. The largest absolute Gasteiger partial charge is 0.495 e. The first-order chi connectivity index (χ1) is 14.6. The number of anilines is 1. The molecule has 0 fully saturated rings. The number of hydrogen-bond donors (Lipinski definition) is 1. The minimum atomic E-state index is -0.313. The zero-order chi connectivity index (χ0) is 21.3. The van der Waals surface area contributed by atoms with Crippen LogP contribution in [0.4, 0.5) is 5.69 Å². The van der Waals surface area contributed by atoms with E-state index in [1.807, 2.05) is 48.0 Å². The number of nitrogens with zero attached hydrogens (tertiary/aromatic N) is 2. The van der Waals surface area contributed by atoms with Gasteiger partial charge < -0.3 is 23.9 Å². The van der Waals surface area contributed by atoms with Gasteiger partial charge in [-0.2, -0.15) is 0 Å². The lowest BCUT2D eigenvalue weighted by Crippen LogP contribution is -2.26. The molecule has 0 aliphatic rings. The summed E-state index contributed by atoms with van der Waals surface area (Å²) in [6.07, 6.45) is 1.61. The number of carbonyl (C=O) groups is 1. The van der Waals surface area contributed by atoms with Crippen molar-refractivity contribution in [2.75, 3.05) is 26.1 Å².